The molecule has 2 rings (SSSR count). The lowest BCUT2D eigenvalue weighted by Crippen LogP contribution is -2.36. The zero-order valence-electron chi connectivity index (χ0n) is 9.91. The molecule has 1 unspecified atom stereocenters. The van der Waals surface area contributed by atoms with Gasteiger partial charge in [0.2, 0.25) is 11.8 Å². The van der Waals surface area contributed by atoms with Gasteiger partial charge in [0.25, 0.3) is 0 Å². The maximum atomic E-state index is 12.7. The predicted octanol–water partition coefficient (Wildman–Crippen LogP) is 0.763. The Morgan fingerprint density at radius 1 is 1.39 bits per heavy atom. The smallest absolute Gasteiger partial charge is 0.222 e. The number of hydrogen-bond donors (Lipinski definition) is 2. The van der Waals surface area contributed by atoms with Crippen LogP contribution in [0, 0.1) is 5.82 Å². The van der Waals surface area contributed by atoms with Crippen LogP contribution in [0.5, 0.6) is 0 Å². The average molecular weight is 250 g/mol. The molecule has 0 aromatic heterocycles. The summed E-state index contributed by atoms with van der Waals surface area (Å²) in [6.45, 7) is 0.501. The van der Waals surface area contributed by atoms with Crippen molar-refractivity contribution in [3.63, 3.8) is 0 Å². The van der Waals surface area contributed by atoms with Gasteiger partial charge < -0.3 is 10.6 Å². The fourth-order valence-electron chi connectivity index (χ4n) is 1.92. The Morgan fingerprint density at radius 2 is 2.11 bits per heavy atom. The van der Waals surface area contributed by atoms with Crippen LogP contribution in [0.4, 0.5) is 4.39 Å². The predicted molar refractivity (Wildman–Crippen MR) is 64.3 cm³/mol. The Labute approximate surface area is 105 Å². The quantitative estimate of drug-likeness (QED) is 0.829. The van der Waals surface area contributed by atoms with E-state index in [1.807, 2.05) is 0 Å². The van der Waals surface area contributed by atoms with E-state index in [0.717, 1.165) is 5.56 Å². The molecule has 2 N–H and O–H groups in total. The Morgan fingerprint density at radius 3 is 2.72 bits per heavy atom. The van der Waals surface area contributed by atoms with Gasteiger partial charge in [-0.15, -0.1) is 0 Å². The van der Waals surface area contributed by atoms with Crippen LogP contribution >= 0.6 is 0 Å². The SMILES string of the molecule is O=C1CC(NC(=O)CCc2ccc(F)cc2)CN1. The van der Waals surface area contributed by atoms with Gasteiger partial charge >= 0.3 is 0 Å². The summed E-state index contributed by atoms with van der Waals surface area (Å²) >= 11 is 0. The van der Waals surface area contributed by atoms with E-state index in [9.17, 15) is 14.0 Å². The van der Waals surface area contributed by atoms with Crippen molar-refractivity contribution in [2.75, 3.05) is 6.54 Å². The Bertz CT molecular complexity index is 445. The summed E-state index contributed by atoms with van der Waals surface area (Å²) in [6.07, 6.45) is 1.26. The minimum Gasteiger partial charge on any atom is -0.354 e. The molecule has 0 aliphatic carbocycles. The van der Waals surface area contributed by atoms with Crippen LogP contribution in [0.1, 0.15) is 18.4 Å². The van der Waals surface area contributed by atoms with E-state index in [1.165, 1.54) is 12.1 Å². The molecule has 1 saturated heterocycles. The first-order chi connectivity index (χ1) is 8.63. The van der Waals surface area contributed by atoms with Gasteiger partial charge in [0.1, 0.15) is 5.82 Å². The molecule has 4 nitrogen and oxygen atoms in total. The molecule has 2 amide bonds. The average Bonchev–Trinajstić information content (AvgIpc) is 2.74. The molecular weight excluding hydrogens is 235 g/mol. The number of carbonyl (C=O) groups excluding carboxylic acids is 2. The van der Waals surface area contributed by atoms with Crippen LogP contribution in [-0.4, -0.2) is 24.4 Å². The topological polar surface area (TPSA) is 58.2 Å². The Hall–Kier alpha value is -1.91. The summed E-state index contributed by atoms with van der Waals surface area (Å²) in [5.74, 6) is -0.390. The summed E-state index contributed by atoms with van der Waals surface area (Å²) in [6, 6.07) is 6.00. The van der Waals surface area contributed by atoms with Gasteiger partial charge in [-0.05, 0) is 24.1 Å². The minimum absolute atomic E-state index is 0.0289. The summed E-state index contributed by atoms with van der Waals surface area (Å²) in [5, 5.41) is 5.45. The third kappa shape index (κ3) is 3.55. The number of amides is 2. The zero-order chi connectivity index (χ0) is 13.0. The van der Waals surface area contributed by atoms with Crippen molar-refractivity contribution in [1.82, 2.24) is 10.6 Å². The lowest BCUT2D eigenvalue weighted by Gasteiger charge is -2.10. The van der Waals surface area contributed by atoms with Crippen molar-refractivity contribution in [2.45, 2.75) is 25.3 Å². The normalized spacial score (nSPS) is 18.5. The molecule has 1 atom stereocenters. The first-order valence-electron chi connectivity index (χ1n) is 5.94. The zero-order valence-corrected chi connectivity index (χ0v) is 9.91. The summed E-state index contributed by atoms with van der Waals surface area (Å²) in [4.78, 5) is 22.6. The third-order valence-corrected chi connectivity index (χ3v) is 2.90. The van der Waals surface area contributed by atoms with Gasteiger partial charge in [0.15, 0.2) is 0 Å². The maximum absolute atomic E-state index is 12.7. The highest BCUT2D eigenvalue weighted by Crippen LogP contribution is 2.06. The molecule has 1 heterocycles. The van der Waals surface area contributed by atoms with Crippen LogP contribution in [0.15, 0.2) is 24.3 Å². The van der Waals surface area contributed by atoms with Crippen molar-refractivity contribution < 1.29 is 14.0 Å². The highest BCUT2D eigenvalue weighted by molar-refractivity contribution is 5.82. The molecule has 0 saturated carbocycles. The van der Waals surface area contributed by atoms with Gasteiger partial charge in [-0.25, -0.2) is 4.39 Å². The van der Waals surface area contributed by atoms with Crippen LogP contribution in [0.25, 0.3) is 0 Å². The summed E-state index contributed by atoms with van der Waals surface area (Å²) in [7, 11) is 0. The number of rotatable bonds is 4. The number of halogens is 1. The molecule has 0 radical (unpaired) electrons. The summed E-state index contributed by atoms with van der Waals surface area (Å²) < 4.78 is 12.7. The van der Waals surface area contributed by atoms with Gasteiger partial charge in [-0.1, -0.05) is 12.1 Å². The van der Waals surface area contributed by atoms with E-state index in [2.05, 4.69) is 10.6 Å². The standard InChI is InChI=1S/C13H15FN2O2/c14-10-4-1-9(2-5-10)3-6-12(17)16-11-7-13(18)15-8-11/h1-2,4-5,11H,3,6-8H2,(H,15,18)(H,16,17). The number of aryl methyl sites for hydroxylation is 1. The fraction of sp³-hybridized carbons (Fsp3) is 0.385. The van der Waals surface area contributed by atoms with Crippen LogP contribution in [-0.2, 0) is 16.0 Å². The first-order valence-corrected chi connectivity index (χ1v) is 5.94. The second-order valence-corrected chi connectivity index (χ2v) is 4.40. The third-order valence-electron chi connectivity index (χ3n) is 2.90. The van der Waals surface area contributed by atoms with E-state index in [-0.39, 0.29) is 23.7 Å². The first kappa shape index (κ1) is 12.5. The lowest BCUT2D eigenvalue weighted by atomic mass is 10.1. The minimum atomic E-state index is -0.279. The van der Waals surface area contributed by atoms with E-state index >= 15 is 0 Å². The van der Waals surface area contributed by atoms with Crippen LogP contribution in [0.2, 0.25) is 0 Å². The van der Waals surface area contributed by atoms with Gasteiger partial charge in [0.05, 0.1) is 6.04 Å². The highest BCUT2D eigenvalue weighted by atomic mass is 19.1. The van der Waals surface area contributed by atoms with E-state index < -0.39 is 0 Å². The Kier molecular flexibility index (Phi) is 3.92. The monoisotopic (exact) mass is 250 g/mol. The molecule has 96 valence electrons. The molecule has 1 aliphatic rings. The molecule has 1 aromatic carbocycles. The van der Waals surface area contributed by atoms with Gasteiger partial charge in [-0.3, -0.25) is 9.59 Å². The molecule has 1 aromatic rings. The van der Waals surface area contributed by atoms with E-state index in [1.54, 1.807) is 12.1 Å². The fourth-order valence-corrected chi connectivity index (χ4v) is 1.92. The van der Waals surface area contributed by atoms with Gasteiger partial charge in [0, 0.05) is 19.4 Å². The van der Waals surface area contributed by atoms with Gasteiger partial charge in [-0.2, -0.15) is 0 Å². The number of nitrogens with one attached hydrogen (secondary N) is 2. The van der Waals surface area contributed by atoms with Crippen molar-refractivity contribution in [3.05, 3.63) is 35.6 Å². The molecule has 1 fully saturated rings. The number of carbonyl (C=O) groups is 2. The van der Waals surface area contributed by atoms with Crippen molar-refractivity contribution in [1.29, 1.82) is 0 Å². The molecule has 0 bridgehead atoms. The lowest BCUT2D eigenvalue weighted by molar-refractivity contribution is -0.121. The maximum Gasteiger partial charge on any atom is 0.222 e. The van der Waals surface area contributed by atoms with Crippen LogP contribution < -0.4 is 10.6 Å². The molecule has 18 heavy (non-hydrogen) atoms. The molecular formula is C13H15FN2O2. The highest BCUT2D eigenvalue weighted by Gasteiger charge is 2.22. The van der Waals surface area contributed by atoms with E-state index in [0.29, 0.717) is 25.8 Å². The van der Waals surface area contributed by atoms with E-state index in [4.69, 9.17) is 0 Å². The molecule has 0 spiro atoms. The number of hydrogen-bond acceptors (Lipinski definition) is 2. The van der Waals surface area contributed by atoms with Crippen molar-refractivity contribution in [2.24, 2.45) is 0 Å². The molecule has 5 heteroatoms. The summed E-state index contributed by atoms with van der Waals surface area (Å²) in [5.41, 5.74) is 0.923. The van der Waals surface area contributed by atoms with Crippen molar-refractivity contribution >= 4 is 11.8 Å². The largest absolute Gasteiger partial charge is 0.354 e. The molecule has 1 aliphatic heterocycles. The van der Waals surface area contributed by atoms with Crippen LogP contribution in [0.3, 0.4) is 0 Å². The Balaban J connectivity index is 1.74. The second kappa shape index (κ2) is 5.62. The van der Waals surface area contributed by atoms with Crippen molar-refractivity contribution in [3.8, 4) is 0 Å². The number of benzene rings is 1. The second-order valence-electron chi connectivity index (χ2n) is 4.40.